The van der Waals surface area contributed by atoms with E-state index in [0.717, 1.165) is 43.0 Å². The van der Waals surface area contributed by atoms with Crippen LogP contribution in [0.1, 0.15) is 47.2 Å². The summed E-state index contributed by atoms with van der Waals surface area (Å²) in [6.07, 6.45) is 3.21. The number of likely N-dealkylation sites (tertiary alicyclic amines) is 1. The molecular weight excluding hydrogens is 358 g/mol. The van der Waals surface area contributed by atoms with E-state index in [1.807, 2.05) is 37.1 Å². The Labute approximate surface area is 162 Å². The maximum Gasteiger partial charge on any atom is 0.274 e. The lowest BCUT2D eigenvalue weighted by atomic mass is 10.1. The van der Waals surface area contributed by atoms with Gasteiger partial charge in [-0.05, 0) is 38.3 Å². The van der Waals surface area contributed by atoms with Crippen molar-refractivity contribution in [2.45, 2.75) is 32.1 Å². The zero-order chi connectivity index (χ0) is 19.3. The zero-order valence-corrected chi connectivity index (χ0v) is 16.1. The highest BCUT2D eigenvalue weighted by Gasteiger charge is 2.30. The van der Waals surface area contributed by atoms with Crippen molar-refractivity contribution in [1.82, 2.24) is 34.5 Å². The second-order valence-corrected chi connectivity index (χ2v) is 7.79. The molecule has 146 valence electrons. The minimum atomic E-state index is -0.00990. The molecule has 0 bridgehead atoms. The first-order valence-corrected chi connectivity index (χ1v) is 9.73. The van der Waals surface area contributed by atoms with Gasteiger partial charge in [0.15, 0.2) is 17.2 Å². The van der Waals surface area contributed by atoms with E-state index in [4.69, 9.17) is 4.74 Å². The van der Waals surface area contributed by atoms with Crippen LogP contribution in [0, 0.1) is 12.8 Å². The Morgan fingerprint density at radius 3 is 2.82 bits per heavy atom. The van der Waals surface area contributed by atoms with Crippen LogP contribution < -0.4 is 4.74 Å². The van der Waals surface area contributed by atoms with Gasteiger partial charge < -0.3 is 9.64 Å². The van der Waals surface area contributed by atoms with Crippen molar-refractivity contribution in [2.75, 3.05) is 19.7 Å². The number of nitrogens with zero attached hydrogens (tertiary/aromatic N) is 7. The van der Waals surface area contributed by atoms with Crippen LogP contribution in [0.25, 0.3) is 5.65 Å². The van der Waals surface area contributed by atoms with Crippen LogP contribution in [-0.2, 0) is 7.05 Å². The molecule has 3 aromatic heterocycles. The van der Waals surface area contributed by atoms with E-state index >= 15 is 0 Å². The van der Waals surface area contributed by atoms with Crippen LogP contribution in [0.4, 0.5) is 0 Å². The molecule has 28 heavy (non-hydrogen) atoms. The Balaban J connectivity index is 1.21. The zero-order valence-electron chi connectivity index (χ0n) is 16.1. The van der Waals surface area contributed by atoms with E-state index < -0.39 is 0 Å². The predicted molar refractivity (Wildman–Crippen MR) is 100 cm³/mol. The quantitative estimate of drug-likeness (QED) is 0.667. The minimum absolute atomic E-state index is 0.00990. The van der Waals surface area contributed by atoms with Gasteiger partial charge in [-0.1, -0.05) is 0 Å². The van der Waals surface area contributed by atoms with Crippen LogP contribution in [0.3, 0.4) is 0 Å². The third-order valence-electron chi connectivity index (χ3n) is 5.58. The minimum Gasteiger partial charge on any atom is -0.476 e. The number of carbonyl (C=O) groups excluding carboxylic acids is 1. The fraction of sp³-hybridized carbons (Fsp3) is 0.526. The molecule has 1 amide bonds. The second-order valence-electron chi connectivity index (χ2n) is 7.79. The summed E-state index contributed by atoms with van der Waals surface area (Å²) in [5.74, 6) is 2.24. The number of ether oxygens (including phenoxy) is 1. The smallest absolute Gasteiger partial charge is 0.274 e. The third kappa shape index (κ3) is 3.10. The Morgan fingerprint density at radius 2 is 2.07 bits per heavy atom. The lowest BCUT2D eigenvalue weighted by Crippen LogP contribution is -2.30. The van der Waals surface area contributed by atoms with Gasteiger partial charge in [0.1, 0.15) is 0 Å². The van der Waals surface area contributed by atoms with Gasteiger partial charge in [0, 0.05) is 43.7 Å². The van der Waals surface area contributed by atoms with Crippen molar-refractivity contribution in [3.05, 3.63) is 35.4 Å². The molecule has 1 atom stereocenters. The topological polar surface area (TPSA) is 90.4 Å². The SMILES string of the molecule is Cc1cc(C(=O)N2CCC(COc3ccc4nnc(C5CC5)n4n3)C2)nn1C. The van der Waals surface area contributed by atoms with Gasteiger partial charge in [0.25, 0.3) is 5.91 Å². The summed E-state index contributed by atoms with van der Waals surface area (Å²) in [6.45, 7) is 3.88. The van der Waals surface area contributed by atoms with E-state index in [0.29, 0.717) is 30.6 Å². The number of aryl methyl sites for hydroxylation is 2. The number of rotatable bonds is 5. The maximum atomic E-state index is 12.6. The van der Waals surface area contributed by atoms with Gasteiger partial charge in [-0.15, -0.1) is 15.3 Å². The fourth-order valence-corrected chi connectivity index (χ4v) is 3.65. The molecule has 0 spiro atoms. The van der Waals surface area contributed by atoms with Crippen molar-refractivity contribution in [1.29, 1.82) is 0 Å². The molecule has 9 nitrogen and oxygen atoms in total. The number of carbonyl (C=O) groups is 1. The molecule has 0 radical (unpaired) electrons. The molecule has 4 heterocycles. The average Bonchev–Trinajstić information content (AvgIpc) is 3.12. The summed E-state index contributed by atoms with van der Waals surface area (Å²) < 4.78 is 9.46. The molecule has 1 aliphatic carbocycles. The van der Waals surface area contributed by atoms with Crippen LogP contribution in [0.15, 0.2) is 18.2 Å². The van der Waals surface area contributed by atoms with Gasteiger partial charge in [-0.2, -0.15) is 9.61 Å². The molecule has 1 unspecified atom stereocenters. The highest BCUT2D eigenvalue weighted by atomic mass is 16.5. The fourth-order valence-electron chi connectivity index (χ4n) is 3.65. The largest absolute Gasteiger partial charge is 0.476 e. The summed E-state index contributed by atoms with van der Waals surface area (Å²) in [5.41, 5.74) is 2.23. The van der Waals surface area contributed by atoms with E-state index in [1.165, 1.54) is 0 Å². The summed E-state index contributed by atoms with van der Waals surface area (Å²) in [6, 6.07) is 5.55. The molecular formula is C19H23N7O2. The van der Waals surface area contributed by atoms with Gasteiger partial charge in [0.05, 0.1) is 6.61 Å². The first kappa shape index (κ1) is 17.2. The summed E-state index contributed by atoms with van der Waals surface area (Å²) in [4.78, 5) is 14.5. The lowest BCUT2D eigenvalue weighted by molar-refractivity contribution is 0.0776. The standard InChI is InChI=1S/C19H23N7O2/c1-12-9-15(22-24(12)2)19(27)25-8-7-13(10-25)11-28-17-6-5-16-20-21-18(14-3-4-14)26(16)23-17/h5-6,9,13-14H,3-4,7-8,10-11H2,1-2H3. The van der Waals surface area contributed by atoms with E-state index in [2.05, 4.69) is 20.4 Å². The summed E-state index contributed by atoms with van der Waals surface area (Å²) >= 11 is 0. The summed E-state index contributed by atoms with van der Waals surface area (Å²) in [7, 11) is 1.85. The van der Waals surface area contributed by atoms with Crippen molar-refractivity contribution >= 4 is 11.6 Å². The van der Waals surface area contributed by atoms with E-state index in [1.54, 1.807) is 9.20 Å². The van der Waals surface area contributed by atoms with Crippen LogP contribution in [-0.4, -0.2) is 60.1 Å². The van der Waals surface area contributed by atoms with Gasteiger partial charge >= 0.3 is 0 Å². The maximum absolute atomic E-state index is 12.6. The Kier molecular flexibility index (Phi) is 4.03. The normalized spacial score (nSPS) is 19.5. The lowest BCUT2D eigenvalue weighted by Gasteiger charge is -2.15. The van der Waals surface area contributed by atoms with Crippen LogP contribution in [0.5, 0.6) is 5.88 Å². The monoisotopic (exact) mass is 381 g/mol. The molecule has 1 saturated carbocycles. The van der Waals surface area contributed by atoms with Gasteiger partial charge in [0.2, 0.25) is 5.88 Å². The number of hydrogen-bond acceptors (Lipinski definition) is 6. The average molecular weight is 381 g/mol. The molecule has 9 heteroatoms. The van der Waals surface area contributed by atoms with Crippen molar-refractivity contribution < 1.29 is 9.53 Å². The number of amides is 1. The van der Waals surface area contributed by atoms with Gasteiger partial charge in [-0.25, -0.2) is 0 Å². The van der Waals surface area contributed by atoms with E-state index in [-0.39, 0.29) is 11.8 Å². The molecule has 1 saturated heterocycles. The van der Waals surface area contributed by atoms with Gasteiger partial charge in [-0.3, -0.25) is 9.48 Å². The van der Waals surface area contributed by atoms with Crippen LogP contribution >= 0.6 is 0 Å². The first-order valence-electron chi connectivity index (χ1n) is 9.73. The molecule has 2 fully saturated rings. The highest BCUT2D eigenvalue weighted by Crippen LogP contribution is 2.38. The molecule has 2 aliphatic rings. The first-order chi connectivity index (χ1) is 13.6. The number of fused-ring (bicyclic) bond motifs is 1. The Morgan fingerprint density at radius 1 is 1.21 bits per heavy atom. The number of aromatic nitrogens is 6. The van der Waals surface area contributed by atoms with Crippen LogP contribution in [0.2, 0.25) is 0 Å². The molecule has 0 aromatic carbocycles. The van der Waals surface area contributed by atoms with E-state index in [9.17, 15) is 4.79 Å². The Hall–Kier alpha value is -2.97. The summed E-state index contributed by atoms with van der Waals surface area (Å²) in [5, 5.41) is 17.3. The molecule has 0 N–H and O–H groups in total. The highest BCUT2D eigenvalue weighted by molar-refractivity contribution is 5.92. The van der Waals surface area contributed by atoms with Crippen molar-refractivity contribution in [3.8, 4) is 5.88 Å². The molecule has 1 aliphatic heterocycles. The molecule has 5 rings (SSSR count). The third-order valence-corrected chi connectivity index (χ3v) is 5.58. The number of hydrogen-bond donors (Lipinski definition) is 0. The van der Waals surface area contributed by atoms with Crippen molar-refractivity contribution in [2.24, 2.45) is 13.0 Å². The molecule has 3 aromatic rings. The predicted octanol–water partition coefficient (Wildman–Crippen LogP) is 1.58. The second kappa shape index (κ2) is 6.57. The van der Waals surface area contributed by atoms with Crippen molar-refractivity contribution in [3.63, 3.8) is 0 Å². The Bertz CT molecular complexity index is 1020.